The zero-order chi connectivity index (χ0) is 14.6. The molecule has 4 nitrogen and oxygen atoms in total. The second kappa shape index (κ2) is 9.80. The molecule has 0 radical (unpaired) electrons. The predicted octanol–water partition coefficient (Wildman–Crippen LogP) is 4.24. The zero-order valence-corrected chi connectivity index (χ0v) is 12.1. The standard InChI is InChI=1S/C17H22N2O2/c1-4-10-16(11-5-1)18-20-14-8-3-9-15-21-19-17-12-6-2-7-13-17/h1-2,4-7,10-13,18-19H,3,8-9,14-15H2. The molecular formula is C17H22N2O2. The second-order valence-corrected chi connectivity index (χ2v) is 4.69. The number of anilines is 2. The van der Waals surface area contributed by atoms with E-state index in [0.717, 1.165) is 30.6 Å². The first-order valence-corrected chi connectivity index (χ1v) is 7.31. The van der Waals surface area contributed by atoms with E-state index in [1.54, 1.807) is 0 Å². The van der Waals surface area contributed by atoms with E-state index in [-0.39, 0.29) is 0 Å². The van der Waals surface area contributed by atoms with Crippen LogP contribution < -0.4 is 11.0 Å². The first kappa shape index (κ1) is 15.4. The van der Waals surface area contributed by atoms with Gasteiger partial charge in [0.2, 0.25) is 0 Å². The van der Waals surface area contributed by atoms with E-state index in [9.17, 15) is 0 Å². The molecule has 0 bridgehead atoms. The van der Waals surface area contributed by atoms with Crippen LogP contribution in [0.2, 0.25) is 0 Å². The van der Waals surface area contributed by atoms with Crippen molar-refractivity contribution in [2.75, 3.05) is 24.2 Å². The van der Waals surface area contributed by atoms with E-state index < -0.39 is 0 Å². The van der Waals surface area contributed by atoms with Crippen LogP contribution in [0, 0.1) is 0 Å². The number of nitrogens with one attached hydrogen (secondary N) is 2. The van der Waals surface area contributed by atoms with Crippen LogP contribution in [-0.2, 0) is 9.68 Å². The van der Waals surface area contributed by atoms with Crippen LogP contribution in [-0.4, -0.2) is 13.2 Å². The van der Waals surface area contributed by atoms with Crippen LogP contribution in [0.5, 0.6) is 0 Å². The van der Waals surface area contributed by atoms with Crippen molar-refractivity contribution in [2.45, 2.75) is 19.3 Å². The molecule has 2 N–H and O–H groups in total. The average molecular weight is 286 g/mol. The quantitative estimate of drug-likeness (QED) is 0.506. The van der Waals surface area contributed by atoms with Gasteiger partial charge in [-0.1, -0.05) is 36.4 Å². The summed E-state index contributed by atoms with van der Waals surface area (Å²) >= 11 is 0. The molecule has 0 fully saturated rings. The Bertz CT molecular complexity index is 431. The zero-order valence-electron chi connectivity index (χ0n) is 12.1. The molecule has 0 aliphatic carbocycles. The summed E-state index contributed by atoms with van der Waals surface area (Å²) in [5.74, 6) is 0. The lowest BCUT2D eigenvalue weighted by Crippen LogP contribution is -2.05. The normalized spacial score (nSPS) is 10.3. The fourth-order valence-corrected chi connectivity index (χ4v) is 1.81. The number of hydrogen-bond acceptors (Lipinski definition) is 4. The van der Waals surface area contributed by atoms with Crippen molar-refractivity contribution in [3.8, 4) is 0 Å². The molecule has 0 aromatic heterocycles. The maximum Gasteiger partial charge on any atom is 0.0746 e. The lowest BCUT2D eigenvalue weighted by atomic mass is 10.2. The lowest BCUT2D eigenvalue weighted by molar-refractivity contribution is 0.168. The molecule has 0 saturated heterocycles. The fourth-order valence-electron chi connectivity index (χ4n) is 1.81. The third-order valence-corrected chi connectivity index (χ3v) is 2.92. The molecule has 0 heterocycles. The number of benzene rings is 2. The van der Waals surface area contributed by atoms with Crippen LogP contribution in [0.3, 0.4) is 0 Å². The number of hydrogen-bond donors (Lipinski definition) is 2. The van der Waals surface area contributed by atoms with Crippen LogP contribution in [0.15, 0.2) is 60.7 Å². The second-order valence-electron chi connectivity index (χ2n) is 4.69. The molecule has 0 saturated carbocycles. The molecule has 112 valence electrons. The van der Waals surface area contributed by atoms with Gasteiger partial charge < -0.3 is 0 Å². The Morgan fingerprint density at radius 1 is 0.571 bits per heavy atom. The monoisotopic (exact) mass is 286 g/mol. The summed E-state index contributed by atoms with van der Waals surface area (Å²) in [6, 6.07) is 19.8. The van der Waals surface area contributed by atoms with E-state index >= 15 is 0 Å². The van der Waals surface area contributed by atoms with E-state index in [1.807, 2.05) is 60.7 Å². The van der Waals surface area contributed by atoms with Gasteiger partial charge in [-0.05, 0) is 43.5 Å². The van der Waals surface area contributed by atoms with Crippen LogP contribution in [0.25, 0.3) is 0 Å². The van der Waals surface area contributed by atoms with Crippen LogP contribution in [0.1, 0.15) is 19.3 Å². The highest BCUT2D eigenvalue weighted by Gasteiger charge is 1.93. The van der Waals surface area contributed by atoms with Gasteiger partial charge in [0.05, 0.1) is 24.6 Å². The van der Waals surface area contributed by atoms with Crippen LogP contribution in [0.4, 0.5) is 11.4 Å². The highest BCUT2D eigenvalue weighted by molar-refractivity contribution is 5.40. The summed E-state index contributed by atoms with van der Waals surface area (Å²) in [7, 11) is 0. The van der Waals surface area contributed by atoms with Crippen molar-refractivity contribution in [1.29, 1.82) is 0 Å². The Morgan fingerprint density at radius 3 is 1.43 bits per heavy atom. The maximum atomic E-state index is 5.39. The number of unbranched alkanes of at least 4 members (excludes halogenated alkanes) is 2. The summed E-state index contributed by atoms with van der Waals surface area (Å²) < 4.78 is 0. The van der Waals surface area contributed by atoms with Gasteiger partial charge in [0, 0.05) is 0 Å². The molecule has 2 aromatic rings. The summed E-state index contributed by atoms with van der Waals surface area (Å²) in [6.45, 7) is 1.39. The van der Waals surface area contributed by atoms with Gasteiger partial charge in [0.1, 0.15) is 0 Å². The molecule has 21 heavy (non-hydrogen) atoms. The Hall–Kier alpha value is -2.04. The van der Waals surface area contributed by atoms with Crippen molar-refractivity contribution < 1.29 is 9.68 Å². The van der Waals surface area contributed by atoms with Gasteiger partial charge in [-0.25, -0.2) is 0 Å². The van der Waals surface area contributed by atoms with Gasteiger partial charge in [0.15, 0.2) is 0 Å². The van der Waals surface area contributed by atoms with Crippen LogP contribution >= 0.6 is 0 Å². The summed E-state index contributed by atoms with van der Waals surface area (Å²) in [5, 5.41) is 0. The van der Waals surface area contributed by atoms with Gasteiger partial charge in [-0.3, -0.25) is 20.6 Å². The van der Waals surface area contributed by atoms with E-state index in [1.165, 1.54) is 0 Å². The van der Waals surface area contributed by atoms with Crippen molar-refractivity contribution >= 4 is 11.4 Å². The minimum absolute atomic E-state index is 0.695. The molecule has 0 spiro atoms. The lowest BCUT2D eigenvalue weighted by Gasteiger charge is -2.08. The summed E-state index contributed by atoms with van der Waals surface area (Å²) in [5.41, 5.74) is 7.81. The Kier molecular flexibility index (Phi) is 7.16. The maximum absolute atomic E-state index is 5.39. The van der Waals surface area contributed by atoms with E-state index in [2.05, 4.69) is 11.0 Å². The minimum atomic E-state index is 0.695. The summed E-state index contributed by atoms with van der Waals surface area (Å²) in [4.78, 5) is 10.8. The topological polar surface area (TPSA) is 42.5 Å². The molecule has 0 aliphatic heterocycles. The van der Waals surface area contributed by atoms with Crippen molar-refractivity contribution in [3.63, 3.8) is 0 Å². The Labute approximate surface area is 126 Å². The van der Waals surface area contributed by atoms with Crippen molar-refractivity contribution in [2.24, 2.45) is 0 Å². The van der Waals surface area contributed by atoms with Gasteiger partial charge in [0.25, 0.3) is 0 Å². The smallest absolute Gasteiger partial charge is 0.0746 e. The summed E-state index contributed by atoms with van der Waals surface area (Å²) in [6.07, 6.45) is 3.09. The first-order valence-electron chi connectivity index (χ1n) is 7.31. The van der Waals surface area contributed by atoms with Gasteiger partial charge in [-0.2, -0.15) is 0 Å². The molecule has 0 unspecified atom stereocenters. The molecule has 0 aliphatic rings. The molecular weight excluding hydrogens is 264 g/mol. The van der Waals surface area contributed by atoms with Gasteiger partial charge >= 0.3 is 0 Å². The number of rotatable bonds is 10. The Balaban J connectivity index is 1.40. The number of para-hydroxylation sites is 2. The minimum Gasteiger partial charge on any atom is -0.276 e. The molecule has 0 atom stereocenters. The molecule has 2 rings (SSSR count). The van der Waals surface area contributed by atoms with Gasteiger partial charge in [-0.15, -0.1) is 0 Å². The third-order valence-electron chi connectivity index (χ3n) is 2.92. The highest BCUT2D eigenvalue weighted by atomic mass is 16.6. The highest BCUT2D eigenvalue weighted by Crippen LogP contribution is 2.06. The van der Waals surface area contributed by atoms with Crippen molar-refractivity contribution in [1.82, 2.24) is 0 Å². The average Bonchev–Trinajstić information content (AvgIpc) is 2.55. The molecule has 0 amide bonds. The van der Waals surface area contributed by atoms with E-state index in [4.69, 9.17) is 9.68 Å². The SMILES string of the molecule is c1ccc(NOCCCCCONc2ccccc2)cc1. The first-order chi connectivity index (χ1) is 10.4. The van der Waals surface area contributed by atoms with E-state index in [0.29, 0.717) is 13.2 Å². The Morgan fingerprint density at radius 2 is 1.00 bits per heavy atom. The molecule has 4 heteroatoms. The third kappa shape index (κ3) is 6.79. The predicted molar refractivity (Wildman–Crippen MR) is 85.9 cm³/mol. The largest absolute Gasteiger partial charge is 0.276 e. The van der Waals surface area contributed by atoms with Crippen molar-refractivity contribution in [3.05, 3.63) is 60.7 Å². The molecule has 2 aromatic carbocycles. The fraction of sp³-hybridized carbons (Fsp3) is 0.294.